The predicted molar refractivity (Wildman–Crippen MR) is 50.6 cm³/mol. The SMILES string of the molecule is COc1c(F)cnc2c1ccn2S. The first-order valence-electron chi connectivity index (χ1n) is 3.63. The second-order valence-corrected chi connectivity index (χ2v) is 2.97. The van der Waals surface area contributed by atoms with Crippen LogP contribution in [0.3, 0.4) is 0 Å². The lowest BCUT2D eigenvalue weighted by Crippen LogP contribution is -1.91. The zero-order valence-corrected chi connectivity index (χ0v) is 7.75. The monoisotopic (exact) mass is 198 g/mol. The van der Waals surface area contributed by atoms with Crippen LogP contribution in [0, 0.1) is 5.82 Å². The van der Waals surface area contributed by atoms with E-state index in [-0.39, 0.29) is 5.75 Å². The van der Waals surface area contributed by atoms with Crippen LogP contribution in [0.1, 0.15) is 0 Å². The molecule has 0 saturated carbocycles. The largest absolute Gasteiger partial charge is 0.493 e. The molecule has 2 heterocycles. The number of thiol groups is 1. The zero-order valence-electron chi connectivity index (χ0n) is 6.86. The van der Waals surface area contributed by atoms with Crippen molar-refractivity contribution in [2.24, 2.45) is 0 Å². The van der Waals surface area contributed by atoms with Crippen molar-refractivity contribution in [3.63, 3.8) is 0 Å². The Morgan fingerprint density at radius 3 is 3.08 bits per heavy atom. The van der Waals surface area contributed by atoms with Gasteiger partial charge in [0, 0.05) is 6.20 Å². The van der Waals surface area contributed by atoms with Gasteiger partial charge in [-0.1, -0.05) is 12.8 Å². The molecule has 0 aliphatic carbocycles. The minimum Gasteiger partial charge on any atom is -0.493 e. The molecular weight excluding hydrogens is 191 g/mol. The Hall–Kier alpha value is -1.23. The van der Waals surface area contributed by atoms with Gasteiger partial charge in [-0.3, -0.25) is 3.97 Å². The molecule has 0 bridgehead atoms. The van der Waals surface area contributed by atoms with Crippen molar-refractivity contribution in [2.75, 3.05) is 7.11 Å². The Bertz CT molecular complexity index is 455. The lowest BCUT2D eigenvalue weighted by Gasteiger charge is -2.02. The highest BCUT2D eigenvalue weighted by Crippen LogP contribution is 2.27. The smallest absolute Gasteiger partial charge is 0.184 e. The van der Waals surface area contributed by atoms with E-state index in [1.807, 2.05) is 0 Å². The maximum absolute atomic E-state index is 13.1. The molecule has 0 unspecified atom stereocenters. The second-order valence-electron chi connectivity index (χ2n) is 2.54. The van der Waals surface area contributed by atoms with E-state index in [4.69, 9.17) is 4.74 Å². The van der Waals surface area contributed by atoms with Crippen molar-refractivity contribution in [1.82, 2.24) is 8.96 Å². The second kappa shape index (κ2) is 2.92. The van der Waals surface area contributed by atoms with Gasteiger partial charge in [0.25, 0.3) is 0 Å². The third kappa shape index (κ3) is 1.16. The first-order chi connectivity index (χ1) is 6.24. The molecule has 0 atom stereocenters. The third-order valence-electron chi connectivity index (χ3n) is 1.81. The van der Waals surface area contributed by atoms with Gasteiger partial charge >= 0.3 is 0 Å². The van der Waals surface area contributed by atoms with Crippen LogP contribution in [0.4, 0.5) is 4.39 Å². The maximum atomic E-state index is 13.1. The number of fused-ring (bicyclic) bond motifs is 1. The molecule has 0 fully saturated rings. The Labute approximate surface area is 79.7 Å². The Balaban J connectivity index is 2.85. The fourth-order valence-corrected chi connectivity index (χ4v) is 1.46. The van der Waals surface area contributed by atoms with Crippen molar-refractivity contribution in [1.29, 1.82) is 0 Å². The molecular formula is C8H7FN2OS. The molecule has 0 N–H and O–H groups in total. The van der Waals surface area contributed by atoms with E-state index < -0.39 is 5.82 Å². The number of methoxy groups -OCH3 is 1. The average molecular weight is 198 g/mol. The van der Waals surface area contributed by atoms with Gasteiger partial charge in [-0.15, -0.1) is 0 Å². The van der Waals surface area contributed by atoms with E-state index in [9.17, 15) is 4.39 Å². The molecule has 0 radical (unpaired) electrons. The number of hydrogen-bond acceptors (Lipinski definition) is 3. The number of pyridine rings is 1. The number of hydrogen-bond donors (Lipinski definition) is 1. The minimum absolute atomic E-state index is 0.206. The molecule has 5 heteroatoms. The van der Waals surface area contributed by atoms with Gasteiger partial charge < -0.3 is 4.74 Å². The summed E-state index contributed by atoms with van der Waals surface area (Å²) in [7, 11) is 1.42. The molecule has 3 nitrogen and oxygen atoms in total. The lowest BCUT2D eigenvalue weighted by molar-refractivity contribution is 0.391. The molecule has 68 valence electrons. The van der Waals surface area contributed by atoms with Crippen molar-refractivity contribution < 1.29 is 9.13 Å². The van der Waals surface area contributed by atoms with E-state index in [1.54, 1.807) is 12.3 Å². The van der Waals surface area contributed by atoms with E-state index in [0.717, 1.165) is 6.20 Å². The summed E-state index contributed by atoms with van der Waals surface area (Å²) >= 11 is 4.10. The molecule has 0 aliphatic heterocycles. The third-order valence-corrected chi connectivity index (χ3v) is 2.13. The fourth-order valence-electron chi connectivity index (χ4n) is 1.23. The normalized spacial score (nSPS) is 10.7. The number of nitrogens with zero attached hydrogens (tertiary/aromatic N) is 2. The van der Waals surface area contributed by atoms with Crippen molar-refractivity contribution in [3.05, 3.63) is 24.3 Å². The van der Waals surface area contributed by atoms with E-state index in [0.29, 0.717) is 11.0 Å². The zero-order chi connectivity index (χ0) is 9.42. The van der Waals surface area contributed by atoms with Gasteiger partial charge in [-0.05, 0) is 6.07 Å². The molecule has 2 rings (SSSR count). The molecule has 0 aliphatic rings. The van der Waals surface area contributed by atoms with Crippen LogP contribution < -0.4 is 4.74 Å². The average Bonchev–Trinajstić information content (AvgIpc) is 2.48. The number of aromatic nitrogens is 2. The summed E-state index contributed by atoms with van der Waals surface area (Å²) < 4.78 is 19.5. The lowest BCUT2D eigenvalue weighted by atomic mass is 10.3. The van der Waals surface area contributed by atoms with E-state index in [2.05, 4.69) is 17.8 Å². The summed E-state index contributed by atoms with van der Waals surface area (Å²) in [6.45, 7) is 0. The highest BCUT2D eigenvalue weighted by molar-refractivity contribution is 7.78. The Morgan fingerprint density at radius 2 is 2.38 bits per heavy atom. The molecule has 0 spiro atoms. The predicted octanol–water partition coefficient (Wildman–Crippen LogP) is 1.88. The van der Waals surface area contributed by atoms with Gasteiger partial charge in [0.15, 0.2) is 17.2 Å². The summed E-state index contributed by atoms with van der Waals surface area (Å²) in [5.41, 5.74) is 0.585. The molecule has 0 amide bonds. The summed E-state index contributed by atoms with van der Waals surface area (Å²) in [6.07, 6.45) is 2.80. The van der Waals surface area contributed by atoms with Crippen molar-refractivity contribution in [2.45, 2.75) is 0 Å². The molecule has 13 heavy (non-hydrogen) atoms. The topological polar surface area (TPSA) is 27.1 Å². The van der Waals surface area contributed by atoms with Gasteiger partial charge in [0.2, 0.25) is 0 Å². The van der Waals surface area contributed by atoms with Crippen LogP contribution in [0.5, 0.6) is 5.75 Å². The first kappa shape index (κ1) is 8.37. The van der Waals surface area contributed by atoms with Gasteiger partial charge in [-0.25, -0.2) is 9.37 Å². The maximum Gasteiger partial charge on any atom is 0.184 e. The van der Waals surface area contributed by atoms with Crippen LogP contribution in [-0.4, -0.2) is 16.1 Å². The standard InChI is InChI=1S/C8H7FN2OS/c1-12-7-5-2-3-11(13)8(5)10-4-6(7)9/h2-4,13H,1H3. The molecule has 2 aromatic heterocycles. The minimum atomic E-state index is -0.463. The van der Waals surface area contributed by atoms with Crippen LogP contribution in [-0.2, 0) is 0 Å². The van der Waals surface area contributed by atoms with Crippen molar-refractivity contribution >= 4 is 23.8 Å². The van der Waals surface area contributed by atoms with Crippen molar-refractivity contribution in [3.8, 4) is 5.75 Å². The van der Waals surface area contributed by atoms with Gasteiger partial charge in [-0.2, -0.15) is 0 Å². The fraction of sp³-hybridized carbons (Fsp3) is 0.125. The van der Waals surface area contributed by atoms with Crippen LogP contribution in [0.2, 0.25) is 0 Å². The molecule has 0 saturated heterocycles. The Morgan fingerprint density at radius 1 is 1.62 bits per heavy atom. The summed E-state index contributed by atoms with van der Waals surface area (Å²) in [5.74, 6) is -0.257. The van der Waals surface area contributed by atoms with Crippen LogP contribution >= 0.6 is 12.8 Å². The van der Waals surface area contributed by atoms with Gasteiger partial charge in [0.05, 0.1) is 18.7 Å². The number of rotatable bonds is 1. The highest BCUT2D eigenvalue weighted by atomic mass is 32.1. The summed E-state index contributed by atoms with van der Waals surface area (Å²) in [5, 5.41) is 0.623. The Kier molecular flexibility index (Phi) is 1.88. The van der Waals surface area contributed by atoms with E-state index >= 15 is 0 Å². The quantitative estimate of drug-likeness (QED) is 0.708. The first-order valence-corrected chi connectivity index (χ1v) is 4.03. The van der Waals surface area contributed by atoms with Crippen LogP contribution in [0.25, 0.3) is 11.0 Å². The number of ether oxygens (including phenoxy) is 1. The number of halogens is 1. The highest BCUT2D eigenvalue weighted by Gasteiger charge is 2.10. The molecule has 2 aromatic rings. The summed E-state index contributed by atoms with van der Waals surface area (Å²) in [4.78, 5) is 3.88. The molecule has 0 aromatic carbocycles. The van der Waals surface area contributed by atoms with Crippen LogP contribution in [0.15, 0.2) is 18.5 Å². The van der Waals surface area contributed by atoms with Gasteiger partial charge in [0.1, 0.15) is 0 Å². The summed E-state index contributed by atoms with van der Waals surface area (Å²) in [6, 6.07) is 1.71. The van der Waals surface area contributed by atoms with E-state index in [1.165, 1.54) is 11.1 Å².